The Labute approximate surface area is 111 Å². The lowest BCUT2D eigenvalue weighted by molar-refractivity contribution is -0.140. The maximum Gasteiger partial charge on any atom is 0.326 e. The summed E-state index contributed by atoms with van der Waals surface area (Å²) in [6.07, 6.45) is 2.10. The minimum atomic E-state index is -1.08. The molecule has 6 nitrogen and oxygen atoms in total. The van der Waals surface area contributed by atoms with Gasteiger partial charge >= 0.3 is 5.97 Å². The summed E-state index contributed by atoms with van der Waals surface area (Å²) in [4.78, 5) is 34.4. The van der Waals surface area contributed by atoms with Gasteiger partial charge in [-0.3, -0.25) is 9.59 Å². The van der Waals surface area contributed by atoms with Gasteiger partial charge in [-0.05, 0) is 12.0 Å². The van der Waals surface area contributed by atoms with Crippen LogP contribution in [0.5, 0.6) is 0 Å². The number of carboxylic acid groups (broad SMARTS) is 1. The van der Waals surface area contributed by atoms with E-state index >= 15 is 0 Å². The third-order valence-electron chi connectivity index (χ3n) is 3.13. The summed E-state index contributed by atoms with van der Waals surface area (Å²) in [6.45, 7) is 3.61. The van der Waals surface area contributed by atoms with Gasteiger partial charge in [-0.25, -0.2) is 4.79 Å². The summed E-state index contributed by atoms with van der Waals surface area (Å²) in [5, 5.41) is 11.5. The Morgan fingerprint density at radius 3 is 2.58 bits per heavy atom. The zero-order valence-electron chi connectivity index (χ0n) is 11.2. The van der Waals surface area contributed by atoms with Crippen LogP contribution in [0.15, 0.2) is 23.1 Å². The molecule has 1 aromatic heterocycles. The number of nitrogens with one attached hydrogen (secondary N) is 1. The number of carboxylic acids is 1. The quantitative estimate of drug-likeness (QED) is 0.817. The number of carbonyl (C=O) groups is 2. The van der Waals surface area contributed by atoms with Gasteiger partial charge in [0.1, 0.15) is 6.04 Å². The van der Waals surface area contributed by atoms with Crippen molar-refractivity contribution >= 4 is 11.9 Å². The molecular weight excluding hydrogens is 248 g/mol. The zero-order chi connectivity index (χ0) is 14.6. The van der Waals surface area contributed by atoms with Crippen molar-refractivity contribution in [3.8, 4) is 0 Å². The zero-order valence-corrected chi connectivity index (χ0v) is 11.2. The van der Waals surface area contributed by atoms with Gasteiger partial charge in [0.2, 0.25) is 0 Å². The first-order valence-electron chi connectivity index (χ1n) is 6.07. The van der Waals surface area contributed by atoms with E-state index in [-0.39, 0.29) is 17.0 Å². The molecule has 2 N–H and O–H groups in total. The third kappa shape index (κ3) is 3.67. The smallest absolute Gasteiger partial charge is 0.326 e. The number of hydrogen-bond donors (Lipinski definition) is 2. The Kier molecular flexibility index (Phi) is 4.86. The molecule has 0 aliphatic carbocycles. The summed E-state index contributed by atoms with van der Waals surface area (Å²) in [5.41, 5.74) is -0.152. The van der Waals surface area contributed by atoms with Crippen molar-refractivity contribution in [1.82, 2.24) is 9.88 Å². The molecule has 0 unspecified atom stereocenters. The maximum absolute atomic E-state index is 11.9. The Morgan fingerprint density at radius 2 is 2.11 bits per heavy atom. The first-order chi connectivity index (χ1) is 8.86. The van der Waals surface area contributed by atoms with E-state index in [1.165, 1.54) is 22.9 Å². The Morgan fingerprint density at radius 1 is 1.47 bits per heavy atom. The highest BCUT2D eigenvalue weighted by Crippen LogP contribution is 2.09. The summed E-state index contributed by atoms with van der Waals surface area (Å²) in [6, 6.07) is 1.71. The second-order valence-electron chi connectivity index (χ2n) is 4.54. The number of aryl methyl sites for hydroxylation is 1. The molecule has 1 aromatic rings. The van der Waals surface area contributed by atoms with Gasteiger partial charge in [-0.15, -0.1) is 0 Å². The van der Waals surface area contributed by atoms with E-state index < -0.39 is 17.9 Å². The molecule has 0 aliphatic rings. The molecule has 0 radical (unpaired) electrons. The van der Waals surface area contributed by atoms with Crippen LogP contribution in [0.4, 0.5) is 0 Å². The molecule has 1 heterocycles. The van der Waals surface area contributed by atoms with Gasteiger partial charge in [0.25, 0.3) is 11.5 Å². The fourth-order valence-electron chi connectivity index (χ4n) is 1.60. The molecule has 0 aliphatic heterocycles. The molecule has 19 heavy (non-hydrogen) atoms. The van der Waals surface area contributed by atoms with Gasteiger partial charge in [0.05, 0.1) is 0 Å². The second kappa shape index (κ2) is 6.17. The molecule has 0 aromatic carbocycles. The van der Waals surface area contributed by atoms with Gasteiger partial charge in [0, 0.05) is 24.9 Å². The van der Waals surface area contributed by atoms with Crippen molar-refractivity contribution in [2.24, 2.45) is 13.0 Å². The summed E-state index contributed by atoms with van der Waals surface area (Å²) >= 11 is 0. The molecule has 0 spiro atoms. The van der Waals surface area contributed by atoms with E-state index in [9.17, 15) is 14.4 Å². The fraction of sp³-hybridized carbons (Fsp3) is 0.462. The van der Waals surface area contributed by atoms with Crippen molar-refractivity contribution in [2.75, 3.05) is 0 Å². The van der Waals surface area contributed by atoms with Gasteiger partial charge in [0.15, 0.2) is 0 Å². The van der Waals surface area contributed by atoms with E-state index in [0.717, 1.165) is 0 Å². The minimum absolute atomic E-state index is 0.164. The van der Waals surface area contributed by atoms with E-state index in [1.807, 2.05) is 6.92 Å². The summed E-state index contributed by atoms with van der Waals surface area (Å²) in [5.74, 6) is -1.81. The van der Waals surface area contributed by atoms with Gasteiger partial charge in [-0.2, -0.15) is 0 Å². The number of aromatic nitrogens is 1. The Bertz CT molecular complexity index is 536. The number of rotatable bonds is 5. The van der Waals surface area contributed by atoms with E-state index in [2.05, 4.69) is 5.32 Å². The Hall–Kier alpha value is -2.11. The van der Waals surface area contributed by atoms with Crippen molar-refractivity contribution in [3.05, 3.63) is 34.2 Å². The van der Waals surface area contributed by atoms with Crippen molar-refractivity contribution in [1.29, 1.82) is 0 Å². The Balaban J connectivity index is 2.91. The third-order valence-corrected chi connectivity index (χ3v) is 3.13. The van der Waals surface area contributed by atoms with E-state index in [1.54, 1.807) is 14.0 Å². The van der Waals surface area contributed by atoms with Crippen LogP contribution in [0.25, 0.3) is 0 Å². The number of carbonyl (C=O) groups excluding carboxylic acids is 1. The summed E-state index contributed by atoms with van der Waals surface area (Å²) in [7, 11) is 1.57. The largest absolute Gasteiger partial charge is 0.480 e. The van der Waals surface area contributed by atoms with E-state index in [0.29, 0.717) is 6.42 Å². The molecule has 104 valence electrons. The molecule has 1 amide bonds. The van der Waals surface area contributed by atoms with Crippen LogP contribution in [-0.2, 0) is 11.8 Å². The van der Waals surface area contributed by atoms with Crippen LogP contribution in [-0.4, -0.2) is 27.6 Å². The molecular formula is C13H18N2O4. The first-order valence-corrected chi connectivity index (χ1v) is 6.07. The lowest BCUT2D eigenvalue weighted by Gasteiger charge is -2.20. The van der Waals surface area contributed by atoms with Crippen molar-refractivity contribution < 1.29 is 14.7 Å². The molecule has 2 atom stereocenters. The fourth-order valence-corrected chi connectivity index (χ4v) is 1.60. The topological polar surface area (TPSA) is 88.4 Å². The van der Waals surface area contributed by atoms with Crippen LogP contribution in [0.2, 0.25) is 0 Å². The predicted molar refractivity (Wildman–Crippen MR) is 70.0 cm³/mol. The lowest BCUT2D eigenvalue weighted by atomic mass is 9.99. The van der Waals surface area contributed by atoms with Crippen LogP contribution in [0.3, 0.4) is 0 Å². The predicted octanol–water partition coefficient (Wildman–Crippen LogP) is 0.614. The highest BCUT2D eigenvalue weighted by atomic mass is 16.4. The minimum Gasteiger partial charge on any atom is -0.480 e. The van der Waals surface area contributed by atoms with Gasteiger partial charge in [-0.1, -0.05) is 20.3 Å². The normalized spacial score (nSPS) is 13.6. The van der Waals surface area contributed by atoms with E-state index in [4.69, 9.17) is 5.11 Å². The van der Waals surface area contributed by atoms with Crippen molar-refractivity contribution in [2.45, 2.75) is 26.3 Å². The number of amides is 1. The molecule has 0 saturated heterocycles. The SMILES string of the molecule is CC[C@@H](C)[C@H](NC(=O)c1ccn(C)c(=O)c1)C(=O)O. The highest BCUT2D eigenvalue weighted by Gasteiger charge is 2.25. The molecule has 0 bridgehead atoms. The molecule has 0 fully saturated rings. The van der Waals surface area contributed by atoms with Crippen LogP contribution in [0, 0.1) is 5.92 Å². The van der Waals surface area contributed by atoms with Crippen LogP contribution in [0.1, 0.15) is 30.6 Å². The lowest BCUT2D eigenvalue weighted by Crippen LogP contribution is -2.45. The number of hydrogen-bond acceptors (Lipinski definition) is 3. The van der Waals surface area contributed by atoms with Crippen molar-refractivity contribution in [3.63, 3.8) is 0 Å². The highest BCUT2D eigenvalue weighted by molar-refractivity contribution is 5.96. The molecule has 6 heteroatoms. The first kappa shape index (κ1) is 14.9. The average Bonchev–Trinajstić information content (AvgIpc) is 2.37. The molecule has 0 saturated carbocycles. The van der Waals surface area contributed by atoms with Gasteiger partial charge < -0.3 is 15.0 Å². The second-order valence-corrected chi connectivity index (χ2v) is 4.54. The maximum atomic E-state index is 11.9. The summed E-state index contributed by atoms with van der Waals surface area (Å²) < 4.78 is 1.33. The van der Waals surface area contributed by atoms with Crippen LogP contribution >= 0.6 is 0 Å². The van der Waals surface area contributed by atoms with Crippen LogP contribution < -0.4 is 10.9 Å². The standard InChI is InChI=1S/C13H18N2O4/c1-4-8(2)11(13(18)19)14-12(17)9-5-6-15(3)10(16)7-9/h5-8,11H,4H2,1-3H3,(H,14,17)(H,18,19)/t8-,11+/m1/s1. The number of pyridine rings is 1. The monoisotopic (exact) mass is 266 g/mol. The molecule has 1 rings (SSSR count). The average molecular weight is 266 g/mol. The number of nitrogens with zero attached hydrogens (tertiary/aromatic N) is 1. The number of aliphatic carboxylic acids is 1.